The number of aromatic carboxylic acids is 1. The SMILES string of the molecule is CC(=S)N/C=C\CC(C)N(C)c1cc2c(cc1OCc1ccc(C(=O)O)cc1)CCC2. The maximum Gasteiger partial charge on any atom is 0.335 e. The highest BCUT2D eigenvalue weighted by atomic mass is 32.1. The Kier molecular flexibility index (Phi) is 7.69. The third-order valence-corrected chi connectivity index (χ3v) is 5.81. The lowest BCUT2D eigenvalue weighted by Crippen LogP contribution is -2.29. The van der Waals surface area contributed by atoms with E-state index in [2.05, 4.69) is 42.4 Å². The van der Waals surface area contributed by atoms with Crippen molar-refractivity contribution in [1.29, 1.82) is 0 Å². The Morgan fingerprint density at radius 3 is 2.58 bits per heavy atom. The Hall–Kier alpha value is -2.86. The van der Waals surface area contributed by atoms with Crippen molar-refractivity contribution in [2.75, 3.05) is 11.9 Å². The van der Waals surface area contributed by atoms with Crippen LogP contribution in [0.2, 0.25) is 0 Å². The molecule has 1 unspecified atom stereocenters. The van der Waals surface area contributed by atoms with Crippen molar-refractivity contribution >= 4 is 28.9 Å². The standard InChI is InChI=1S/C25H30N2O3S/c1-17(6-5-13-26-18(2)31)27(3)23-14-21-7-4-8-22(21)15-24(23)30-16-19-9-11-20(12-10-19)25(28)29/h5,9-15,17H,4,6-8,16H2,1-3H3,(H,26,31)(H,28,29)/b13-5-. The number of carbonyl (C=O) groups is 1. The van der Waals surface area contributed by atoms with Crippen molar-refractivity contribution < 1.29 is 14.6 Å². The summed E-state index contributed by atoms with van der Waals surface area (Å²) < 4.78 is 6.24. The third-order valence-electron chi connectivity index (χ3n) is 5.69. The molecule has 0 heterocycles. The van der Waals surface area contributed by atoms with Gasteiger partial charge in [0.25, 0.3) is 0 Å². The van der Waals surface area contributed by atoms with Gasteiger partial charge in [-0.2, -0.15) is 0 Å². The van der Waals surface area contributed by atoms with E-state index in [-0.39, 0.29) is 11.6 Å². The van der Waals surface area contributed by atoms with Gasteiger partial charge in [0.2, 0.25) is 0 Å². The van der Waals surface area contributed by atoms with E-state index in [0.717, 1.165) is 41.3 Å². The van der Waals surface area contributed by atoms with Crippen LogP contribution in [0.25, 0.3) is 0 Å². The summed E-state index contributed by atoms with van der Waals surface area (Å²) in [5.41, 5.74) is 5.07. The van der Waals surface area contributed by atoms with Crippen LogP contribution >= 0.6 is 12.2 Å². The first-order valence-corrected chi connectivity index (χ1v) is 11.0. The minimum Gasteiger partial charge on any atom is -0.487 e. The molecule has 0 bridgehead atoms. The van der Waals surface area contributed by atoms with Gasteiger partial charge in [0.05, 0.1) is 16.2 Å². The van der Waals surface area contributed by atoms with Gasteiger partial charge in [-0.3, -0.25) is 0 Å². The molecule has 0 spiro atoms. The van der Waals surface area contributed by atoms with Gasteiger partial charge in [0, 0.05) is 13.1 Å². The molecule has 164 valence electrons. The molecule has 1 atom stereocenters. The number of thiocarbonyl (C=S) groups is 1. The van der Waals surface area contributed by atoms with Crippen LogP contribution in [0.5, 0.6) is 5.75 Å². The lowest BCUT2D eigenvalue weighted by molar-refractivity contribution is 0.0697. The monoisotopic (exact) mass is 438 g/mol. The summed E-state index contributed by atoms with van der Waals surface area (Å²) in [5.74, 6) is -0.0526. The zero-order chi connectivity index (χ0) is 22.4. The van der Waals surface area contributed by atoms with Crippen molar-refractivity contribution in [1.82, 2.24) is 5.32 Å². The first-order chi connectivity index (χ1) is 14.8. The molecule has 1 aliphatic carbocycles. The summed E-state index contributed by atoms with van der Waals surface area (Å²) in [4.78, 5) is 14.1. The summed E-state index contributed by atoms with van der Waals surface area (Å²) in [6.07, 6.45) is 8.24. The van der Waals surface area contributed by atoms with Crippen LogP contribution in [0.1, 0.15) is 53.7 Å². The normalized spacial score (nSPS) is 13.6. The van der Waals surface area contributed by atoms with Gasteiger partial charge in [-0.25, -0.2) is 4.79 Å². The second-order valence-electron chi connectivity index (χ2n) is 8.03. The molecule has 3 rings (SSSR count). The molecule has 5 nitrogen and oxygen atoms in total. The molecule has 6 heteroatoms. The number of carboxylic acids is 1. The van der Waals surface area contributed by atoms with Gasteiger partial charge in [0.15, 0.2) is 0 Å². The van der Waals surface area contributed by atoms with Crippen molar-refractivity contribution in [3.63, 3.8) is 0 Å². The number of benzene rings is 2. The molecule has 2 aromatic carbocycles. The molecule has 31 heavy (non-hydrogen) atoms. The first kappa shape index (κ1) is 22.8. The molecule has 0 aliphatic heterocycles. The molecule has 1 aliphatic rings. The van der Waals surface area contributed by atoms with Crippen molar-refractivity contribution in [3.8, 4) is 5.75 Å². The van der Waals surface area contributed by atoms with Gasteiger partial charge in [-0.15, -0.1) is 0 Å². The lowest BCUT2D eigenvalue weighted by Gasteiger charge is -2.29. The summed E-state index contributed by atoms with van der Waals surface area (Å²) in [6.45, 7) is 4.44. The number of rotatable bonds is 9. The Morgan fingerprint density at radius 2 is 1.94 bits per heavy atom. The van der Waals surface area contributed by atoms with E-state index >= 15 is 0 Å². The molecule has 0 saturated carbocycles. The van der Waals surface area contributed by atoms with Gasteiger partial charge >= 0.3 is 5.97 Å². The van der Waals surface area contributed by atoms with Gasteiger partial charge in [-0.1, -0.05) is 30.4 Å². The number of fused-ring (bicyclic) bond motifs is 1. The van der Waals surface area contributed by atoms with Crippen LogP contribution in [-0.4, -0.2) is 29.2 Å². The summed E-state index contributed by atoms with van der Waals surface area (Å²) in [5, 5.41) is 12.1. The van der Waals surface area contributed by atoms with Crippen LogP contribution in [0.4, 0.5) is 5.69 Å². The average molecular weight is 439 g/mol. The van der Waals surface area contributed by atoms with E-state index < -0.39 is 5.97 Å². The van der Waals surface area contributed by atoms with Gasteiger partial charge in [-0.05, 0) is 86.7 Å². The highest BCUT2D eigenvalue weighted by molar-refractivity contribution is 7.80. The second-order valence-corrected chi connectivity index (χ2v) is 8.64. The predicted octanol–water partition coefficient (Wildman–Crippen LogP) is 5.12. The average Bonchev–Trinajstić information content (AvgIpc) is 3.21. The van der Waals surface area contributed by atoms with E-state index in [0.29, 0.717) is 6.61 Å². The molecule has 2 N–H and O–H groups in total. The Labute approximate surface area is 189 Å². The number of aryl methyl sites for hydroxylation is 2. The fourth-order valence-corrected chi connectivity index (χ4v) is 3.79. The van der Waals surface area contributed by atoms with Gasteiger partial charge < -0.3 is 20.1 Å². The maximum absolute atomic E-state index is 11.1. The van der Waals surface area contributed by atoms with E-state index in [9.17, 15) is 4.79 Å². The van der Waals surface area contributed by atoms with E-state index in [4.69, 9.17) is 22.1 Å². The number of ether oxygens (including phenoxy) is 1. The van der Waals surface area contributed by atoms with Crippen LogP contribution in [0, 0.1) is 0 Å². The third kappa shape index (κ3) is 6.07. The first-order valence-electron chi connectivity index (χ1n) is 10.6. The highest BCUT2D eigenvalue weighted by Crippen LogP contribution is 2.37. The largest absolute Gasteiger partial charge is 0.487 e. The second kappa shape index (κ2) is 10.4. The van der Waals surface area contributed by atoms with E-state index in [1.807, 2.05) is 13.1 Å². The van der Waals surface area contributed by atoms with E-state index in [1.165, 1.54) is 17.5 Å². The van der Waals surface area contributed by atoms with Crippen LogP contribution < -0.4 is 15.0 Å². The molecule has 0 radical (unpaired) electrons. The fourth-order valence-electron chi connectivity index (χ4n) is 3.72. The Bertz CT molecular complexity index is 969. The summed E-state index contributed by atoms with van der Waals surface area (Å²) >= 11 is 5.04. The molecule has 0 amide bonds. The zero-order valence-electron chi connectivity index (χ0n) is 18.4. The molecule has 0 fully saturated rings. The topological polar surface area (TPSA) is 61.8 Å². The number of anilines is 1. The Balaban J connectivity index is 1.75. The van der Waals surface area contributed by atoms with E-state index in [1.54, 1.807) is 24.3 Å². The number of nitrogens with zero attached hydrogens (tertiary/aromatic N) is 1. The molecular formula is C25H30N2O3S. The summed E-state index contributed by atoms with van der Waals surface area (Å²) in [7, 11) is 2.10. The number of nitrogens with one attached hydrogen (secondary N) is 1. The van der Waals surface area contributed by atoms with Crippen molar-refractivity contribution in [2.45, 2.75) is 52.2 Å². The quantitative estimate of drug-likeness (QED) is 0.530. The smallest absolute Gasteiger partial charge is 0.335 e. The molecule has 0 saturated heterocycles. The number of hydrogen-bond donors (Lipinski definition) is 2. The van der Waals surface area contributed by atoms with Crippen LogP contribution in [0.3, 0.4) is 0 Å². The number of hydrogen-bond acceptors (Lipinski definition) is 4. The maximum atomic E-state index is 11.1. The number of carboxylic acid groups (broad SMARTS) is 1. The van der Waals surface area contributed by atoms with Crippen LogP contribution in [-0.2, 0) is 19.4 Å². The molecule has 2 aromatic rings. The van der Waals surface area contributed by atoms with Crippen LogP contribution in [0.15, 0.2) is 48.7 Å². The minimum absolute atomic E-state index is 0.278. The molecule has 0 aromatic heterocycles. The minimum atomic E-state index is -0.922. The van der Waals surface area contributed by atoms with Crippen molar-refractivity contribution in [2.24, 2.45) is 0 Å². The zero-order valence-corrected chi connectivity index (χ0v) is 19.2. The predicted molar refractivity (Wildman–Crippen MR) is 129 cm³/mol. The molecular weight excluding hydrogens is 408 g/mol. The fraction of sp³-hybridized carbons (Fsp3) is 0.360. The van der Waals surface area contributed by atoms with Crippen molar-refractivity contribution in [3.05, 3.63) is 70.9 Å². The van der Waals surface area contributed by atoms with Gasteiger partial charge in [0.1, 0.15) is 12.4 Å². The highest BCUT2D eigenvalue weighted by Gasteiger charge is 2.20. The summed E-state index contributed by atoms with van der Waals surface area (Å²) in [6, 6.07) is 11.6. The Morgan fingerprint density at radius 1 is 1.26 bits per heavy atom. The lowest BCUT2D eigenvalue weighted by atomic mass is 10.1.